The Labute approximate surface area is 88.5 Å². The molecule has 2 rings (SSSR count). The van der Waals surface area contributed by atoms with Crippen molar-refractivity contribution in [2.24, 2.45) is 5.92 Å². The maximum atomic E-state index is 11.7. The Bertz CT molecular complexity index is 394. The Morgan fingerprint density at radius 2 is 2.47 bits per heavy atom. The number of sulfonamides is 1. The van der Waals surface area contributed by atoms with E-state index in [-0.39, 0.29) is 4.90 Å². The van der Waals surface area contributed by atoms with Gasteiger partial charge in [0.2, 0.25) is 10.0 Å². The van der Waals surface area contributed by atoms with Gasteiger partial charge in [-0.05, 0) is 25.4 Å². The average molecular weight is 230 g/mol. The van der Waals surface area contributed by atoms with Crippen molar-refractivity contribution >= 4 is 10.0 Å². The van der Waals surface area contributed by atoms with Crippen LogP contribution >= 0.6 is 0 Å². The van der Waals surface area contributed by atoms with E-state index in [0.29, 0.717) is 12.5 Å². The Balaban J connectivity index is 1.93. The minimum Gasteiger partial charge on any atom is -0.316 e. The van der Waals surface area contributed by atoms with E-state index in [1.165, 1.54) is 12.4 Å². The Morgan fingerprint density at radius 3 is 3.07 bits per heavy atom. The summed E-state index contributed by atoms with van der Waals surface area (Å²) in [7, 11) is -3.38. The van der Waals surface area contributed by atoms with Crippen molar-refractivity contribution in [3.63, 3.8) is 0 Å². The number of nitrogens with zero attached hydrogens (tertiary/aromatic N) is 1. The molecule has 7 heteroatoms. The molecule has 1 saturated heterocycles. The molecule has 0 bridgehead atoms. The van der Waals surface area contributed by atoms with E-state index in [0.717, 1.165) is 19.5 Å². The van der Waals surface area contributed by atoms with Gasteiger partial charge in [0.25, 0.3) is 0 Å². The highest BCUT2D eigenvalue weighted by molar-refractivity contribution is 7.89. The third-order valence-electron chi connectivity index (χ3n) is 2.51. The van der Waals surface area contributed by atoms with Gasteiger partial charge in [-0.2, -0.15) is 5.10 Å². The molecule has 1 aromatic heterocycles. The molecule has 1 aromatic rings. The molecule has 15 heavy (non-hydrogen) atoms. The second-order valence-electron chi connectivity index (χ2n) is 3.64. The van der Waals surface area contributed by atoms with Crippen LogP contribution in [-0.2, 0) is 10.0 Å². The van der Waals surface area contributed by atoms with Gasteiger partial charge >= 0.3 is 0 Å². The van der Waals surface area contributed by atoms with Gasteiger partial charge in [0.1, 0.15) is 4.90 Å². The van der Waals surface area contributed by atoms with Crippen molar-refractivity contribution in [1.29, 1.82) is 0 Å². The highest BCUT2D eigenvalue weighted by Gasteiger charge is 2.19. The van der Waals surface area contributed by atoms with E-state index in [1.807, 2.05) is 0 Å². The van der Waals surface area contributed by atoms with E-state index < -0.39 is 10.0 Å². The topological polar surface area (TPSA) is 86.9 Å². The summed E-state index contributed by atoms with van der Waals surface area (Å²) in [5, 5.41) is 9.28. The predicted molar refractivity (Wildman–Crippen MR) is 54.8 cm³/mol. The van der Waals surface area contributed by atoms with E-state index in [9.17, 15) is 8.42 Å². The second kappa shape index (κ2) is 4.30. The Morgan fingerprint density at radius 1 is 1.60 bits per heavy atom. The lowest BCUT2D eigenvalue weighted by Gasteiger charge is -2.09. The first-order chi connectivity index (χ1) is 7.18. The van der Waals surface area contributed by atoms with Gasteiger partial charge in [-0.1, -0.05) is 0 Å². The van der Waals surface area contributed by atoms with E-state index in [4.69, 9.17) is 0 Å². The minimum atomic E-state index is -3.38. The number of nitrogens with one attached hydrogen (secondary N) is 3. The summed E-state index contributed by atoms with van der Waals surface area (Å²) in [6.07, 6.45) is 3.69. The molecule has 3 N–H and O–H groups in total. The first-order valence-electron chi connectivity index (χ1n) is 4.87. The van der Waals surface area contributed by atoms with Crippen LogP contribution in [0.5, 0.6) is 0 Å². The van der Waals surface area contributed by atoms with Crippen LogP contribution < -0.4 is 10.0 Å². The summed E-state index contributed by atoms with van der Waals surface area (Å²) in [6.45, 7) is 2.34. The number of aromatic nitrogens is 2. The third-order valence-corrected chi connectivity index (χ3v) is 3.90. The normalized spacial score (nSPS) is 22.0. The van der Waals surface area contributed by atoms with Gasteiger partial charge in [-0.25, -0.2) is 13.1 Å². The molecule has 2 heterocycles. The average Bonchev–Trinajstić information content (AvgIpc) is 2.88. The molecule has 1 aliphatic heterocycles. The molecule has 0 aromatic carbocycles. The summed E-state index contributed by atoms with van der Waals surface area (Å²) in [5.41, 5.74) is 0. The smallest absolute Gasteiger partial charge is 0.243 e. The fraction of sp³-hybridized carbons (Fsp3) is 0.625. The Kier molecular flexibility index (Phi) is 3.03. The maximum Gasteiger partial charge on any atom is 0.243 e. The van der Waals surface area contributed by atoms with Crippen LogP contribution in [0.2, 0.25) is 0 Å². The van der Waals surface area contributed by atoms with Gasteiger partial charge in [-0.15, -0.1) is 0 Å². The van der Waals surface area contributed by atoms with Crippen molar-refractivity contribution in [2.75, 3.05) is 19.6 Å². The predicted octanol–water partition coefficient (Wildman–Crippen LogP) is -0.702. The minimum absolute atomic E-state index is 0.188. The molecule has 0 spiro atoms. The third kappa shape index (κ3) is 2.55. The van der Waals surface area contributed by atoms with Crippen molar-refractivity contribution < 1.29 is 8.42 Å². The van der Waals surface area contributed by atoms with Crippen molar-refractivity contribution in [2.45, 2.75) is 11.3 Å². The molecule has 1 fully saturated rings. The number of aromatic amines is 1. The fourth-order valence-corrected chi connectivity index (χ4v) is 2.61. The standard InChI is InChI=1S/C8H14N4O2S/c13-15(14,8-5-10-11-6-8)12-4-7-1-2-9-3-7/h5-7,9,12H,1-4H2,(H,10,11). The van der Waals surface area contributed by atoms with Crippen LogP contribution in [0.3, 0.4) is 0 Å². The molecule has 0 saturated carbocycles. The molecule has 0 amide bonds. The zero-order valence-electron chi connectivity index (χ0n) is 8.23. The lowest BCUT2D eigenvalue weighted by molar-refractivity contribution is 0.539. The molecular formula is C8H14N4O2S. The van der Waals surface area contributed by atoms with Crippen LogP contribution in [0.15, 0.2) is 17.3 Å². The van der Waals surface area contributed by atoms with Gasteiger partial charge in [0.15, 0.2) is 0 Å². The lowest BCUT2D eigenvalue weighted by Crippen LogP contribution is -2.30. The number of rotatable bonds is 4. The molecule has 0 radical (unpaired) electrons. The summed E-state index contributed by atoms with van der Waals surface area (Å²) in [4.78, 5) is 0.188. The molecular weight excluding hydrogens is 216 g/mol. The summed E-state index contributed by atoms with van der Waals surface area (Å²) in [5.74, 6) is 0.395. The number of hydrogen-bond acceptors (Lipinski definition) is 4. The van der Waals surface area contributed by atoms with Crippen molar-refractivity contribution in [1.82, 2.24) is 20.2 Å². The van der Waals surface area contributed by atoms with Crippen LogP contribution in [-0.4, -0.2) is 38.2 Å². The van der Waals surface area contributed by atoms with Crippen molar-refractivity contribution in [3.05, 3.63) is 12.4 Å². The lowest BCUT2D eigenvalue weighted by atomic mass is 10.1. The summed E-state index contributed by atoms with van der Waals surface area (Å²) in [6, 6.07) is 0. The maximum absolute atomic E-state index is 11.7. The van der Waals surface area contributed by atoms with Crippen LogP contribution in [0.4, 0.5) is 0 Å². The van der Waals surface area contributed by atoms with Crippen LogP contribution in [0.25, 0.3) is 0 Å². The van der Waals surface area contributed by atoms with Crippen LogP contribution in [0.1, 0.15) is 6.42 Å². The first-order valence-corrected chi connectivity index (χ1v) is 6.36. The van der Waals surface area contributed by atoms with E-state index >= 15 is 0 Å². The number of H-pyrrole nitrogens is 1. The highest BCUT2D eigenvalue weighted by atomic mass is 32.2. The Hall–Kier alpha value is -0.920. The van der Waals surface area contributed by atoms with Gasteiger partial charge in [0.05, 0.1) is 6.20 Å². The molecule has 1 aliphatic rings. The van der Waals surface area contributed by atoms with Gasteiger partial charge in [0, 0.05) is 12.7 Å². The second-order valence-corrected chi connectivity index (χ2v) is 5.41. The zero-order chi connectivity index (χ0) is 10.7. The SMILES string of the molecule is O=S(=O)(NCC1CCNC1)c1cn[nH]c1. The quantitative estimate of drug-likeness (QED) is 0.638. The van der Waals surface area contributed by atoms with Gasteiger partial charge in [-0.3, -0.25) is 5.10 Å². The van der Waals surface area contributed by atoms with Crippen LogP contribution in [0, 0.1) is 5.92 Å². The highest BCUT2D eigenvalue weighted by Crippen LogP contribution is 2.09. The zero-order valence-corrected chi connectivity index (χ0v) is 9.05. The largest absolute Gasteiger partial charge is 0.316 e. The molecule has 1 unspecified atom stereocenters. The fourth-order valence-electron chi connectivity index (χ4n) is 1.59. The van der Waals surface area contributed by atoms with E-state index in [2.05, 4.69) is 20.2 Å². The first kappa shape index (κ1) is 10.6. The van der Waals surface area contributed by atoms with Gasteiger partial charge < -0.3 is 5.32 Å². The molecule has 0 aliphatic carbocycles. The summed E-state index contributed by atoms with van der Waals surface area (Å²) < 4.78 is 25.9. The van der Waals surface area contributed by atoms with Crippen molar-refractivity contribution in [3.8, 4) is 0 Å². The molecule has 6 nitrogen and oxygen atoms in total. The molecule has 84 valence electrons. The molecule has 1 atom stereocenters. The van der Waals surface area contributed by atoms with E-state index in [1.54, 1.807) is 0 Å². The monoisotopic (exact) mass is 230 g/mol. The number of hydrogen-bond donors (Lipinski definition) is 3. The summed E-state index contributed by atoms with van der Waals surface area (Å²) >= 11 is 0.